The van der Waals surface area contributed by atoms with Gasteiger partial charge in [-0.2, -0.15) is 13.2 Å². The number of rotatable bonds is 8. The standard InChI is InChI=1S/C16H20F4N2O3/c1-3-13(23)22-15(16(18,19)20,14(24)25-4-2)21-10-9-11-5-7-12(17)8-6-11/h5-8,21H,3-4,9-10H2,1-2H3,(H,22,23)/t15-/m1/s1. The number of hydrogen-bond acceptors (Lipinski definition) is 4. The van der Waals surface area contributed by atoms with Crippen LogP contribution in [0.1, 0.15) is 25.8 Å². The smallest absolute Gasteiger partial charge is 0.436 e. The van der Waals surface area contributed by atoms with E-state index in [2.05, 4.69) is 10.1 Å². The van der Waals surface area contributed by atoms with E-state index in [0.717, 1.165) is 0 Å². The molecule has 25 heavy (non-hydrogen) atoms. The highest BCUT2D eigenvalue weighted by atomic mass is 19.4. The van der Waals surface area contributed by atoms with E-state index in [0.29, 0.717) is 5.56 Å². The van der Waals surface area contributed by atoms with Crippen molar-refractivity contribution >= 4 is 11.9 Å². The zero-order valence-corrected chi connectivity index (χ0v) is 13.9. The summed E-state index contributed by atoms with van der Waals surface area (Å²) in [6.45, 7) is 2.14. The van der Waals surface area contributed by atoms with Gasteiger partial charge in [0.1, 0.15) is 5.82 Å². The zero-order valence-electron chi connectivity index (χ0n) is 13.9. The van der Waals surface area contributed by atoms with Crippen molar-refractivity contribution < 1.29 is 31.9 Å². The number of alkyl halides is 3. The van der Waals surface area contributed by atoms with Gasteiger partial charge in [0, 0.05) is 13.0 Å². The first-order valence-corrected chi connectivity index (χ1v) is 7.70. The first kappa shape index (κ1) is 20.9. The second kappa shape index (κ2) is 8.80. The Morgan fingerprint density at radius 1 is 1.12 bits per heavy atom. The molecule has 0 bridgehead atoms. The first-order valence-electron chi connectivity index (χ1n) is 7.70. The van der Waals surface area contributed by atoms with Crippen molar-refractivity contribution in [3.8, 4) is 0 Å². The average Bonchev–Trinajstić information content (AvgIpc) is 2.54. The highest BCUT2D eigenvalue weighted by Crippen LogP contribution is 2.30. The maximum absolute atomic E-state index is 13.6. The highest BCUT2D eigenvalue weighted by molar-refractivity contribution is 5.88. The molecular formula is C16H20F4N2O3. The van der Waals surface area contributed by atoms with Crippen LogP contribution >= 0.6 is 0 Å². The number of carbonyl (C=O) groups excluding carboxylic acids is 2. The lowest BCUT2D eigenvalue weighted by molar-refractivity contribution is -0.221. The van der Waals surface area contributed by atoms with Crippen molar-refractivity contribution in [2.75, 3.05) is 13.2 Å². The molecule has 0 aliphatic heterocycles. The molecule has 9 heteroatoms. The molecule has 1 amide bonds. The minimum atomic E-state index is -5.12. The van der Waals surface area contributed by atoms with E-state index in [9.17, 15) is 27.2 Å². The topological polar surface area (TPSA) is 67.4 Å². The Morgan fingerprint density at radius 3 is 2.20 bits per heavy atom. The second-order valence-corrected chi connectivity index (χ2v) is 5.17. The third-order valence-corrected chi connectivity index (χ3v) is 3.37. The van der Waals surface area contributed by atoms with E-state index < -0.39 is 29.5 Å². The van der Waals surface area contributed by atoms with Crippen LogP contribution in [-0.4, -0.2) is 36.9 Å². The molecule has 0 spiro atoms. The molecule has 0 aromatic heterocycles. The predicted molar refractivity (Wildman–Crippen MR) is 82.0 cm³/mol. The van der Waals surface area contributed by atoms with Gasteiger partial charge in [0.2, 0.25) is 5.91 Å². The summed E-state index contributed by atoms with van der Waals surface area (Å²) < 4.78 is 58.2. The number of halogens is 4. The van der Waals surface area contributed by atoms with E-state index >= 15 is 0 Å². The third kappa shape index (κ3) is 5.42. The molecule has 0 fully saturated rings. The molecule has 0 saturated heterocycles. The summed E-state index contributed by atoms with van der Waals surface area (Å²) in [6, 6.07) is 5.19. The Morgan fingerprint density at radius 2 is 1.72 bits per heavy atom. The van der Waals surface area contributed by atoms with E-state index in [4.69, 9.17) is 0 Å². The Labute approximate surface area is 142 Å². The number of esters is 1. The van der Waals surface area contributed by atoms with Crippen molar-refractivity contribution in [1.29, 1.82) is 0 Å². The number of amides is 1. The van der Waals surface area contributed by atoms with Gasteiger partial charge < -0.3 is 10.1 Å². The van der Waals surface area contributed by atoms with Crippen molar-refractivity contribution in [2.24, 2.45) is 0 Å². The molecule has 0 saturated carbocycles. The molecule has 5 nitrogen and oxygen atoms in total. The number of ether oxygens (including phenoxy) is 1. The van der Waals surface area contributed by atoms with Crippen LogP contribution in [0.3, 0.4) is 0 Å². The summed E-state index contributed by atoms with van der Waals surface area (Å²) in [5.41, 5.74) is -2.77. The average molecular weight is 364 g/mol. The lowest BCUT2D eigenvalue weighted by Gasteiger charge is -2.34. The van der Waals surface area contributed by atoms with Crippen LogP contribution < -0.4 is 10.6 Å². The van der Waals surface area contributed by atoms with Crippen LogP contribution in [0.2, 0.25) is 0 Å². The maximum atomic E-state index is 13.6. The Bertz CT molecular complexity index is 590. The minimum absolute atomic E-state index is 0.0828. The summed E-state index contributed by atoms with van der Waals surface area (Å²) >= 11 is 0. The van der Waals surface area contributed by atoms with Crippen LogP contribution in [0, 0.1) is 5.82 Å². The minimum Gasteiger partial charge on any atom is -0.463 e. The monoisotopic (exact) mass is 364 g/mol. The van der Waals surface area contributed by atoms with Gasteiger partial charge in [0.25, 0.3) is 5.66 Å². The van der Waals surface area contributed by atoms with Gasteiger partial charge in [0.05, 0.1) is 6.61 Å². The van der Waals surface area contributed by atoms with Gasteiger partial charge in [-0.1, -0.05) is 19.1 Å². The molecule has 0 unspecified atom stereocenters. The maximum Gasteiger partial charge on any atom is 0.436 e. The largest absolute Gasteiger partial charge is 0.463 e. The number of nitrogens with one attached hydrogen (secondary N) is 2. The van der Waals surface area contributed by atoms with E-state index in [1.807, 2.05) is 0 Å². The fourth-order valence-corrected chi connectivity index (χ4v) is 2.04. The molecule has 1 aromatic rings. The molecule has 0 aliphatic rings. The fourth-order valence-electron chi connectivity index (χ4n) is 2.04. The number of carbonyl (C=O) groups is 2. The van der Waals surface area contributed by atoms with E-state index in [1.54, 1.807) is 5.32 Å². The SMILES string of the molecule is CCOC(=O)[C@@](NCCc1ccc(F)cc1)(NC(=O)CC)C(F)(F)F. The van der Waals surface area contributed by atoms with Gasteiger partial charge >= 0.3 is 12.1 Å². The van der Waals surface area contributed by atoms with Crippen molar-refractivity contribution in [1.82, 2.24) is 10.6 Å². The third-order valence-electron chi connectivity index (χ3n) is 3.37. The zero-order chi connectivity index (χ0) is 19.1. The second-order valence-electron chi connectivity index (χ2n) is 5.17. The van der Waals surface area contributed by atoms with Gasteiger partial charge in [-0.3, -0.25) is 10.1 Å². The Balaban J connectivity index is 3.00. The van der Waals surface area contributed by atoms with Crippen molar-refractivity contribution in [2.45, 2.75) is 38.5 Å². The molecule has 1 rings (SSSR count). The molecular weight excluding hydrogens is 344 g/mol. The quantitative estimate of drug-likeness (QED) is 0.422. The van der Waals surface area contributed by atoms with Crippen LogP contribution in [0.15, 0.2) is 24.3 Å². The number of benzene rings is 1. The van der Waals surface area contributed by atoms with Gasteiger partial charge in [-0.05, 0) is 31.0 Å². The van der Waals surface area contributed by atoms with Gasteiger partial charge in [0.15, 0.2) is 0 Å². The molecule has 0 heterocycles. The summed E-state index contributed by atoms with van der Waals surface area (Å²) in [7, 11) is 0. The molecule has 1 atom stereocenters. The summed E-state index contributed by atoms with van der Waals surface area (Å²) in [5, 5.41) is 3.75. The van der Waals surface area contributed by atoms with Crippen molar-refractivity contribution in [3.05, 3.63) is 35.6 Å². The first-order chi connectivity index (χ1) is 11.7. The van der Waals surface area contributed by atoms with Crippen LogP contribution in [0.5, 0.6) is 0 Å². The summed E-state index contributed by atoms with van der Waals surface area (Å²) in [5.74, 6) is -3.06. The van der Waals surface area contributed by atoms with Crippen molar-refractivity contribution in [3.63, 3.8) is 0 Å². The van der Waals surface area contributed by atoms with E-state index in [1.165, 1.54) is 38.1 Å². The normalized spacial score (nSPS) is 13.8. The molecule has 0 radical (unpaired) electrons. The number of hydrogen-bond donors (Lipinski definition) is 2. The Hall–Kier alpha value is -2.16. The van der Waals surface area contributed by atoms with Gasteiger partial charge in [-0.25, -0.2) is 9.18 Å². The molecule has 0 aliphatic carbocycles. The van der Waals surface area contributed by atoms with Gasteiger partial charge in [-0.15, -0.1) is 0 Å². The summed E-state index contributed by atoms with van der Waals surface area (Å²) in [6.07, 6.45) is -5.27. The van der Waals surface area contributed by atoms with Crippen LogP contribution in [0.25, 0.3) is 0 Å². The molecule has 140 valence electrons. The van der Waals surface area contributed by atoms with Crippen LogP contribution in [0.4, 0.5) is 17.6 Å². The summed E-state index contributed by atoms with van der Waals surface area (Å²) in [4.78, 5) is 23.5. The molecule has 2 N–H and O–H groups in total. The molecule has 1 aromatic carbocycles. The highest BCUT2D eigenvalue weighted by Gasteiger charge is 2.62. The van der Waals surface area contributed by atoms with E-state index in [-0.39, 0.29) is 26.0 Å². The Kier molecular flexibility index (Phi) is 7.35. The lowest BCUT2D eigenvalue weighted by atomic mass is 10.1. The predicted octanol–water partition coefficient (Wildman–Crippen LogP) is 2.31. The fraction of sp³-hybridized carbons (Fsp3) is 0.500. The van der Waals surface area contributed by atoms with Crippen LogP contribution in [-0.2, 0) is 20.7 Å². The lowest BCUT2D eigenvalue weighted by Crippen LogP contribution is -2.72.